The first-order chi connectivity index (χ1) is 11.5. The first-order valence-electron chi connectivity index (χ1n) is 6.83. The Bertz CT molecular complexity index is 904. The van der Waals surface area contributed by atoms with Crippen molar-refractivity contribution < 1.29 is 28.3 Å². The van der Waals surface area contributed by atoms with Gasteiger partial charge in [0.05, 0.1) is 11.9 Å². The van der Waals surface area contributed by atoms with Crippen LogP contribution in [0.15, 0.2) is 33.5 Å². The molecule has 0 radical (unpaired) electrons. The van der Waals surface area contributed by atoms with Crippen LogP contribution >= 0.6 is 11.6 Å². The monoisotopic (exact) mass is 351 g/mol. The molecule has 2 amide bonds. The molecule has 8 nitrogen and oxygen atoms in total. The smallest absolute Gasteiger partial charge is 0.416 e. The SMILES string of the molecule is O=C(OCC(=O)N1CCOC1=O)c1cc(=O)c2cc(Cl)ccc2o1. The lowest BCUT2D eigenvalue weighted by atomic mass is 10.2. The summed E-state index contributed by atoms with van der Waals surface area (Å²) in [5.74, 6) is -2.07. The largest absolute Gasteiger partial charge is 0.450 e. The number of imide groups is 1. The van der Waals surface area contributed by atoms with Crippen molar-refractivity contribution in [2.45, 2.75) is 0 Å². The van der Waals surface area contributed by atoms with Crippen molar-refractivity contribution in [3.05, 3.63) is 45.3 Å². The van der Waals surface area contributed by atoms with Crippen LogP contribution in [0.1, 0.15) is 10.6 Å². The predicted molar refractivity (Wildman–Crippen MR) is 80.8 cm³/mol. The number of ether oxygens (including phenoxy) is 2. The zero-order valence-electron chi connectivity index (χ0n) is 12.1. The maximum atomic E-state index is 12.0. The van der Waals surface area contributed by atoms with Crippen molar-refractivity contribution in [1.29, 1.82) is 0 Å². The second-order valence-electron chi connectivity index (χ2n) is 4.85. The van der Waals surface area contributed by atoms with Gasteiger partial charge < -0.3 is 13.9 Å². The van der Waals surface area contributed by atoms with E-state index in [0.29, 0.717) is 5.02 Å². The molecule has 2 heterocycles. The zero-order chi connectivity index (χ0) is 17.3. The molecule has 0 atom stereocenters. The Labute approximate surface area is 139 Å². The first-order valence-corrected chi connectivity index (χ1v) is 7.21. The predicted octanol–water partition coefficient (Wildman–Crippen LogP) is 1.58. The highest BCUT2D eigenvalue weighted by atomic mass is 35.5. The molecule has 3 rings (SSSR count). The Balaban J connectivity index is 1.74. The number of halogens is 1. The molecule has 0 spiro atoms. The molecule has 1 saturated heterocycles. The van der Waals surface area contributed by atoms with Crippen molar-refractivity contribution in [3.8, 4) is 0 Å². The Hall–Kier alpha value is -2.87. The van der Waals surface area contributed by atoms with Gasteiger partial charge in [-0.3, -0.25) is 9.59 Å². The average molecular weight is 352 g/mol. The summed E-state index contributed by atoms with van der Waals surface area (Å²) in [4.78, 5) is 47.7. The number of hydrogen-bond acceptors (Lipinski definition) is 7. The second-order valence-corrected chi connectivity index (χ2v) is 5.29. The van der Waals surface area contributed by atoms with Gasteiger partial charge >= 0.3 is 12.1 Å². The maximum absolute atomic E-state index is 12.0. The molecule has 9 heteroatoms. The minimum atomic E-state index is -0.995. The molecule has 1 fully saturated rings. The van der Waals surface area contributed by atoms with Crippen LogP contribution in [-0.4, -0.2) is 42.6 Å². The van der Waals surface area contributed by atoms with Crippen LogP contribution in [0.25, 0.3) is 11.0 Å². The van der Waals surface area contributed by atoms with Gasteiger partial charge in [0.2, 0.25) is 5.76 Å². The van der Waals surface area contributed by atoms with E-state index in [9.17, 15) is 19.2 Å². The molecule has 1 aromatic heterocycles. The van der Waals surface area contributed by atoms with Gasteiger partial charge in [-0.25, -0.2) is 14.5 Å². The van der Waals surface area contributed by atoms with Crippen molar-refractivity contribution in [2.24, 2.45) is 0 Å². The minimum Gasteiger partial charge on any atom is -0.450 e. The molecule has 0 N–H and O–H groups in total. The molecule has 0 saturated carbocycles. The average Bonchev–Trinajstić information content (AvgIpc) is 2.99. The Morgan fingerprint density at radius 3 is 2.75 bits per heavy atom. The molecule has 24 heavy (non-hydrogen) atoms. The second kappa shape index (κ2) is 6.32. The number of esters is 1. The lowest BCUT2D eigenvalue weighted by molar-refractivity contribution is -0.131. The molecule has 1 aromatic carbocycles. The third-order valence-corrected chi connectivity index (χ3v) is 3.51. The normalized spacial score (nSPS) is 13.9. The van der Waals surface area contributed by atoms with Crippen LogP contribution in [0.2, 0.25) is 5.02 Å². The number of nitrogens with zero attached hydrogens (tertiary/aromatic N) is 1. The number of hydrogen-bond donors (Lipinski definition) is 0. The number of benzene rings is 1. The molecule has 1 aliphatic rings. The number of carbonyl (C=O) groups excluding carboxylic acids is 3. The van der Waals surface area contributed by atoms with E-state index in [1.807, 2.05) is 0 Å². The van der Waals surface area contributed by atoms with Crippen LogP contribution in [0, 0.1) is 0 Å². The van der Waals surface area contributed by atoms with E-state index >= 15 is 0 Å². The van der Waals surface area contributed by atoms with E-state index in [1.165, 1.54) is 18.2 Å². The van der Waals surface area contributed by atoms with Gasteiger partial charge in [0.15, 0.2) is 12.0 Å². The van der Waals surface area contributed by atoms with Gasteiger partial charge in [0, 0.05) is 11.1 Å². The topological polar surface area (TPSA) is 103 Å². The van der Waals surface area contributed by atoms with E-state index in [0.717, 1.165) is 11.0 Å². The van der Waals surface area contributed by atoms with Crippen molar-refractivity contribution in [2.75, 3.05) is 19.8 Å². The highest BCUT2D eigenvalue weighted by Crippen LogP contribution is 2.18. The van der Waals surface area contributed by atoms with E-state index in [1.54, 1.807) is 0 Å². The number of carbonyl (C=O) groups is 3. The summed E-state index contributed by atoms with van der Waals surface area (Å²) in [5, 5.41) is 0.572. The van der Waals surface area contributed by atoms with Gasteiger partial charge in [-0.1, -0.05) is 11.6 Å². The fourth-order valence-corrected chi connectivity index (χ4v) is 2.30. The zero-order valence-corrected chi connectivity index (χ0v) is 12.9. The number of cyclic esters (lactones) is 1. The van der Waals surface area contributed by atoms with E-state index in [-0.39, 0.29) is 29.9 Å². The summed E-state index contributed by atoms with van der Waals surface area (Å²) < 4.78 is 14.7. The van der Waals surface area contributed by atoms with Crippen molar-refractivity contribution in [1.82, 2.24) is 4.90 Å². The highest BCUT2D eigenvalue weighted by Gasteiger charge is 2.29. The van der Waals surface area contributed by atoms with Gasteiger partial charge in [-0.15, -0.1) is 0 Å². The molecule has 1 aliphatic heterocycles. The maximum Gasteiger partial charge on any atom is 0.416 e. The fraction of sp³-hybridized carbons (Fsp3) is 0.200. The summed E-state index contributed by atoms with van der Waals surface area (Å²) in [6.07, 6.45) is -0.787. The summed E-state index contributed by atoms with van der Waals surface area (Å²) in [6.45, 7) is -0.474. The van der Waals surface area contributed by atoms with E-state index < -0.39 is 30.0 Å². The van der Waals surface area contributed by atoms with Gasteiger partial charge in [0.1, 0.15) is 12.2 Å². The summed E-state index contributed by atoms with van der Waals surface area (Å²) >= 11 is 5.80. The summed E-state index contributed by atoms with van der Waals surface area (Å²) in [6, 6.07) is 5.32. The number of fused-ring (bicyclic) bond motifs is 1. The Morgan fingerprint density at radius 1 is 1.25 bits per heavy atom. The standard InChI is InChI=1S/C15H10ClNO7/c16-8-1-2-11-9(5-8)10(18)6-12(24-11)14(20)23-7-13(19)17-3-4-22-15(17)21/h1-2,5-6H,3-4,7H2. The van der Waals surface area contributed by atoms with Crippen LogP contribution in [-0.2, 0) is 14.3 Å². The number of amides is 2. The Morgan fingerprint density at radius 2 is 2.04 bits per heavy atom. The van der Waals surface area contributed by atoms with Crippen LogP contribution in [0.4, 0.5) is 4.79 Å². The minimum absolute atomic E-state index is 0.0978. The third kappa shape index (κ3) is 3.09. The van der Waals surface area contributed by atoms with Crippen LogP contribution in [0.5, 0.6) is 0 Å². The quantitative estimate of drug-likeness (QED) is 0.773. The first kappa shape index (κ1) is 16.0. The van der Waals surface area contributed by atoms with Gasteiger partial charge in [-0.2, -0.15) is 0 Å². The van der Waals surface area contributed by atoms with E-state index in [2.05, 4.69) is 4.74 Å². The number of rotatable bonds is 3. The molecule has 2 aromatic rings. The molecule has 0 aliphatic carbocycles. The molecule has 0 bridgehead atoms. The lowest BCUT2D eigenvalue weighted by Crippen LogP contribution is -2.35. The lowest BCUT2D eigenvalue weighted by Gasteiger charge is -2.10. The molecular weight excluding hydrogens is 342 g/mol. The molecular formula is C15H10ClNO7. The van der Waals surface area contributed by atoms with Crippen LogP contribution < -0.4 is 5.43 Å². The highest BCUT2D eigenvalue weighted by molar-refractivity contribution is 6.31. The fourth-order valence-electron chi connectivity index (χ4n) is 2.13. The summed E-state index contributed by atoms with van der Waals surface area (Å²) in [5.41, 5.74) is -0.312. The van der Waals surface area contributed by atoms with Crippen LogP contribution in [0.3, 0.4) is 0 Å². The molecule has 0 unspecified atom stereocenters. The van der Waals surface area contributed by atoms with Gasteiger partial charge in [0.25, 0.3) is 5.91 Å². The molecule has 124 valence electrons. The van der Waals surface area contributed by atoms with Crippen molar-refractivity contribution >= 4 is 40.5 Å². The van der Waals surface area contributed by atoms with Gasteiger partial charge in [-0.05, 0) is 18.2 Å². The van der Waals surface area contributed by atoms with Crippen molar-refractivity contribution in [3.63, 3.8) is 0 Å². The summed E-state index contributed by atoms with van der Waals surface area (Å²) in [7, 11) is 0. The Kier molecular flexibility index (Phi) is 4.22. The third-order valence-electron chi connectivity index (χ3n) is 3.28. The van der Waals surface area contributed by atoms with E-state index in [4.69, 9.17) is 20.8 Å².